The van der Waals surface area contributed by atoms with Crippen LogP contribution >= 0.6 is 0 Å². The standard InChI is InChI=1S/C51H33N5O/c1-3-14-32(15-4-1)34-27-29-45-41(30-34)38-20-9-10-22-42(38)55(45)46-25-13-21-40-39-28-26-35(31-47(39)57-48(40)46)50-52-49(33-16-5-2-6-17-33)53-51(54-50)56-43-23-11-7-18-36(43)37-19-8-12-24-44(37)56/h1-31,50H,(H,52,53,54). The summed E-state index contributed by atoms with van der Waals surface area (Å²) in [5.74, 6) is 1.39. The molecule has 6 nitrogen and oxygen atoms in total. The monoisotopic (exact) mass is 731 g/mol. The first kappa shape index (κ1) is 31.6. The number of benzene rings is 8. The lowest BCUT2D eigenvalue weighted by atomic mass is 10.0. The third-order valence-corrected chi connectivity index (χ3v) is 11.4. The second-order valence-electron chi connectivity index (χ2n) is 14.6. The predicted molar refractivity (Wildman–Crippen MR) is 235 cm³/mol. The Morgan fingerprint density at radius 2 is 1.04 bits per heavy atom. The van der Waals surface area contributed by atoms with Gasteiger partial charge in [-0.25, -0.2) is 4.99 Å². The molecule has 0 aliphatic carbocycles. The Morgan fingerprint density at radius 3 is 1.75 bits per heavy atom. The molecule has 3 aromatic heterocycles. The van der Waals surface area contributed by atoms with Crippen molar-refractivity contribution >= 4 is 77.3 Å². The first-order valence-corrected chi connectivity index (χ1v) is 19.3. The van der Waals surface area contributed by atoms with Crippen LogP contribution in [0.4, 0.5) is 0 Å². The van der Waals surface area contributed by atoms with Crippen LogP contribution in [0.25, 0.3) is 82.4 Å². The van der Waals surface area contributed by atoms with Crippen LogP contribution in [0, 0.1) is 0 Å². The van der Waals surface area contributed by atoms with Crippen molar-refractivity contribution in [3.63, 3.8) is 0 Å². The van der Waals surface area contributed by atoms with Gasteiger partial charge >= 0.3 is 0 Å². The lowest BCUT2D eigenvalue weighted by Crippen LogP contribution is -2.37. The summed E-state index contributed by atoms with van der Waals surface area (Å²) in [6, 6.07) is 66.1. The average molecular weight is 732 g/mol. The Balaban J connectivity index is 1.01. The molecule has 0 saturated heterocycles. The Hall–Kier alpha value is -7.70. The molecule has 8 aromatic carbocycles. The van der Waals surface area contributed by atoms with Crippen molar-refractivity contribution in [2.75, 3.05) is 0 Å². The van der Waals surface area contributed by atoms with Gasteiger partial charge in [0.25, 0.3) is 0 Å². The fourth-order valence-electron chi connectivity index (χ4n) is 8.78. The molecular formula is C51H33N5O. The van der Waals surface area contributed by atoms with Crippen molar-refractivity contribution in [1.82, 2.24) is 14.5 Å². The van der Waals surface area contributed by atoms with Gasteiger partial charge in [-0.2, -0.15) is 4.99 Å². The topological polar surface area (TPSA) is 59.8 Å². The van der Waals surface area contributed by atoms with E-state index in [9.17, 15) is 0 Å². The van der Waals surface area contributed by atoms with E-state index in [0.29, 0.717) is 5.84 Å². The molecule has 0 saturated carbocycles. The highest BCUT2D eigenvalue weighted by molar-refractivity contribution is 6.17. The molecule has 0 bridgehead atoms. The van der Waals surface area contributed by atoms with E-state index < -0.39 is 6.17 Å². The van der Waals surface area contributed by atoms with E-state index in [1.807, 2.05) is 18.2 Å². The van der Waals surface area contributed by atoms with Crippen LogP contribution in [-0.2, 0) is 0 Å². The Morgan fingerprint density at radius 1 is 0.439 bits per heavy atom. The van der Waals surface area contributed by atoms with E-state index in [4.69, 9.17) is 14.4 Å². The number of nitrogens with one attached hydrogen (secondary N) is 1. The Kier molecular flexibility index (Phi) is 6.89. The van der Waals surface area contributed by atoms with Crippen molar-refractivity contribution in [3.05, 3.63) is 199 Å². The number of fused-ring (bicyclic) bond motifs is 9. The molecular weight excluding hydrogens is 699 g/mol. The van der Waals surface area contributed by atoms with Gasteiger partial charge in [-0.3, -0.25) is 4.57 Å². The maximum absolute atomic E-state index is 6.92. The van der Waals surface area contributed by atoms with E-state index in [2.05, 4.69) is 184 Å². The highest BCUT2D eigenvalue weighted by Gasteiger charge is 2.25. The Bertz CT molecular complexity index is 3390. The lowest BCUT2D eigenvalue weighted by molar-refractivity contribution is 0.648. The minimum absolute atomic E-state index is 0.416. The molecule has 0 amide bonds. The van der Waals surface area contributed by atoms with Crippen molar-refractivity contribution in [1.29, 1.82) is 0 Å². The number of amidine groups is 1. The molecule has 1 atom stereocenters. The fourth-order valence-corrected chi connectivity index (χ4v) is 8.78. The van der Waals surface area contributed by atoms with Gasteiger partial charge in [0, 0.05) is 43.4 Å². The molecule has 268 valence electrons. The van der Waals surface area contributed by atoms with Crippen molar-refractivity contribution in [2.45, 2.75) is 6.17 Å². The number of rotatable bonds is 4. The van der Waals surface area contributed by atoms with Gasteiger partial charge < -0.3 is 14.3 Å². The second kappa shape index (κ2) is 12.4. The van der Waals surface area contributed by atoms with E-state index in [0.717, 1.165) is 66.8 Å². The van der Waals surface area contributed by atoms with E-state index >= 15 is 0 Å². The third-order valence-electron chi connectivity index (χ3n) is 11.4. The van der Waals surface area contributed by atoms with Gasteiger partial charge in [0.1, 0.15) is 11.7 Å². The number of hydrogen-bond donors (Lipinski definition) is 1. The molecule has 1 aliphatic rings. The zero-order valence-corrected chi connectivity index (χ0v) is 30.7. The van der Waals surface area contributed by atoms with Crippen LogP contribution in [0.15, 0.2) is 202 Å². The minimum atomic E-state index is -0.416. The lowest BCUT2D eigenvalue weighted by Gasteiger charge is -2.24. The number of nitrogens with zero attached hydrogens (tertiary/aromatic N) is 4. The van der Waals surface area contributed by atoms with Crippen LogP contribution < -0.4 is 5.32 Å². The smallest absolute Gasteiger partial charge is 0.211 e. The van der Waals surface area contributed by atoms with Crippen molar-refractivity contribution in [2.24, 2.45) is 9.98 Å². The van der Waals surface area contributed by atoms with E-state index in [-0.39, 0.29) is 0 Å². The molecule has 1 aliphatic heterocycles. The van der Waals surface area contributed by atoms with Crippen molar-refractivity contribution in [3.8, 4) is 16.8 Å². The summed E-state index contributed by atoms with van der Waals surface area (Å²) in [5, 5.41) is 10.6. The number of para-hydroxylation sites is 4. The Labute approximate surface area is 327 Å². The highest BCUT2D eigenvalue weighted by atomic mass is 16.3. The number of aromatic nitrogens is 2. The quantitative estimate of drug-likeness (QED) is 0.196. The molecule has 0 fully saturated rings. The molecule has 6 heteroatoms. The van der Waals surface area contributed by atoms with E-state index in [1.165, 1.54) is 32.7 Å². The molecule has 57 heavy (non-hydrogen) atoms. The average Bonchev–Trinajstić information content (AvgIpc) is 3.94. The summed E-state index contributed by atoms with van der Waals surface area (Å²) in [5.41, 5.74) is 11.4. The molecule has 1 N–H and O–H groups in total. The summed E-state index contributed by atoms with van der Waals surface area (Å²) in [6.07, 6.45) is -0.416. The fraction of sp³-hybridized carbons (Fsp3) is 0.0196. The molecule has 0 spiro atoms. The van der Waals surface area contributed by atoms with Crippen molar-refractivity contribution < 1.29 is 4.42 Å². The number of hydrogen-bond acceptors (Lipinski definition) is 4. The predicted octanol–water partition coefficient (Wildman–Crippen LogP) is 12.4. The van der Waals surface area contributed by atoms with Gasteiger partial charge in [0.15, 0.2) is 11.4 Å². The van der Waals surface area contributed by atoms with Gasteiger partial charge in [0.2, 0.25) is 5.96 Å². The zero-order valence-electron chi connectivity index (χ0n) is 30.7. The number of aliphatic imine (C=N–C) groups is 2. The first-order chi connectivity index (χ1) is 28.3. The SMILES string of the molecule is c1ccc(C2=NC(c3ccc4c(c3)oc3c(-n5c6ccccc6c6cc(-c7ccccc7)ccc65)cccc34)NC(n3c4ccccc4c4ccccc43)=N2)cc1. The molecule has 4 heterocycles. The summed E-state index contributed by atoms with van der Waals surface area (Å²) in [7, 11) is 0. The molecule has 0 radical (unpaired) electrons. The normalized spacial score (nSPS) is 14.5. The largest absolute Gasteiger partial charge is 0.454 e. The molecule has 12 rings (SSSR count). The van der Waals surface area contributed by atoms with Crippen LogP contribution in [0.2, 0.25) is 0 Å². The maximum Gasteiger partial charge on any atom is 0.211 e. The van der Waals surface area contributed by atoms with Gasteiger partial charge in [-0.05, 0) is 53.6 Å². The van der Waals surface area contributed by atoms with Crippen LogP contribution in [0.1, 0.15) is 17.3 Å². The van der Waals surface area contributed by atoms with Crippen LogP contribution in [0.5, 0.6) is 0 Å². The summed E-state index contributed by atoms with van der Waals surface area (Å²) >= 11 is 0. The molecule has 1 unspecified atom stereocenters. The maximum atomic E-state index is 6.92. The number of furan rings is 1. The third kappa shape index (κ3) is 4.90. The molecule has 11 aromatic rings. The van der Waals surface area contributed by atoms with Crippen LogP contribution in [-0.4, -0.2) is 20.9 Å². The first-order valence-electron chi connectivity index (χ1n) is 19.3. The summed E-state index contributed by atoms with van der Waals surface area (Å²) in [4.78, 5) is 10.4. The summed E-state index contributed by atoms with van der Waals surface area (Å²) < 4.78 is 11.5. The zero-order chi connectivity index (χ0) is 37.5. The highest BCUT2D eigenvalue weighted by Crippen LogP contribution is 2.40. The van der Waals surface area contributed by atoms with Gasteiger partial charge in [0.05, 0.1) is 27.8 Å². The van der Waals surface area contributed by atoms with E-state index in [1.54, 1.807) is 0 Å². The second-order valence-corrected chi connectivity index (χ2v) is 14.6. The minimum Gasteiger partial charge on any atom is -0.454 e. The van der Waals surface area contributed by atoms with Crippen LogP contribution in [0.3, 0.4) is 0 Å². The van der Waals surface area contributed by atoms with Gasteiger partial charge in [-0.15, -0.1) is 0 Å². The summed E-state index contributed by atoms with van der Waals surface area (Å²) in [6.45, 7) is 0. The van der Waals surface area contributed by atoms with Gasteiger partial charge in [-0.1, -0.05) is 146 Å².